The number of hydrogen-bond acceptors (Lipinski definition) is 8. The summed E-state index contributed by atoms with van der Waals surface area (Å²) in [7, 11) is 0. The van der Waals surface area contributed by atoms with Gasteiger partial charge in [-0.2, -0.15) is 4.98 Å². The minimum atomic E-state index is -0.480. The van der Waals surface area contributed by atoms with E-state index >= 15 is 0 Å². The number of hydrogen-bond donors (Lipinski definition) is 3. The van der Waals surface area contributed by atoms with Crippen LogP contribution in [0.5, 0.6) is 6.01 Å². The van der Waals surface area contributed by atoms with Gasteiger partial charge in [0.15, 0.2) is 5.69 Å². The molecule has 10 heteroatoms. The Bertz CT molecular complexity index is 1000. The van der Waals surface area contributed by atoms with Crippen LogP contribution in [-0.4, -0.2) is 40.1 Å². The summed E-state index contributed by atoms with van der Waals surface area (Å²) in [5.41, 5.74) is 7.44. The van der Waals surface area contributed by atoms with E-state index in [1.54, 1.807) is 24.5 Å². The number of anilines is 2. The molecule has 4 rings (SSSR count). The predicted molar refractivity (Wildman–Crippen MR) is 108 cm³/mol. The summed E-state index contributed by atoms with van der Waals surface area (Å²) in [6.45, 7) is 1.87. The van der Waals surface area contributed by atoms with E-state index in [0.717, 1.165) is 37.1 Å². The first-order chi connectivity index (χ1) is 14.1. The fraction of sp³-hybridized carbons (Fsp3) is 0.263. The number of halogens is 1. The first-order valence-corrected chi connectivity index (χ1v) is 9.48. The number of ether oxygens (including phenoxy) is 1. The van der Waals surface area contributed by atoms with Gasteiger partial charge in [0, 0.05) is 18.0 Å². The summed E-state index contributed by atoms with van der Waals surface area (Å²) >= 11 is 6.21. The Kier molecular flexibility index (Phi) is 5.59. The summed E-state index contributed by atoms with van der Waals surface area (Å²) in [5.74, 6) is -0.480. The van der Waals surface area contributed by atoms with E-state index in [9.17, 15) is 4.79 Å². The number of nitrogens with two attached hydrogens (primary N) is 1. The zero-order chi connectivity index (χ0) is 20.2. The number of aromatic nitrogens is 3. The van der Waals surface area contributed by atoms with E-state index in [1.165, 1.54) is 6.26 Å². The Hall–Kier alpha value is -3.17. The average Bonchev–Trinajstić information content (AvgIpc) is 3.18. The Balaban J connectivity index is 1.48. The van der Waals surface area contributed by atoms with E-state index in [1.807, 2.05) is 6.07 Å². The molecule has 2 aromatic heterocycles. The second kappa shape index (κ2) is 8.46. The molecule has 3 aromatic rings. The SMILES string of the molecule is Nc1nc(C(=O)Nc2cc(-c3cnc(OC4CCNCC4)nc3)ccc2Cl)co1. The summed E-state index contributed by atoms with van der Waals surface area (Å²) < 4.78 is 10.7. The van der Waals surface area contributed by atoms with Gasteiger partial charge < -0.3 is 25.5 Å². The molecule has 0 bridgehead atoms. The molecule has 9 nitrogen and oxygen atoms in total. The Morgan fingerprint density at radius 1 is 1.24 bits per heavy atom. The highest BCUT2D eigenvalue weighted by Crippen LogP contribution is 2.29. The van der Waals surface area contributed by atoms with Crippen molar-refractivity contribution in [3.63, 3.8) is 0 Å². The average molecular weight is 415 g/mol. The maximum absolute atomic E-state index is 12.3. The molecule has 0 radical (unpaired) electrons. The quantitative estimate of drug-likeness (QED) is 0.581. The largest absolute Gasteiger partial charge is 0.460 e. The molecule has 4 N–H and O–H groups in total. The molecule has 0 unspecified atom stereocenters. The van der Waals surface area contributed by atoms with Crippen LogP contribution in [0.1, 0.15) is 23.3 Å². The second-order valence-electron chi connectivity index (χ2n) is 6.54. The number of nitrogens with one attached hydrogen (secondary N) is 2. The fourth-order valence-electron chi connectivity index (χ4n) is 2.97. The lowest BCUT2D eigenvalue weighted by atomic mass is 10.1. The van der Waals surface area contributed by atoms with E-state index < -0.39 is 5.91 Å². The first kappa shape index (κ1) is 19.2. The van der Waals surface area contributed by atoms with Gasteiger partial charge >= 0.3 is 6.01 Å². The van der Waals surface area contributed by atoms with Gasteiger partial charge in [-0.25, -0.2) is 9.97 Å². The molecular formula is C19H19ClN6O3. The van der Waals surface area contributed by atoms with Crippen LogP contribution in [0.2, 0.25) is 5.02 Å². The molecule has 0 aliphatic carbocycles. The molecule has 1 amide bonds. The van der Waals surface area contributed by atoms with Crippen LogP contribution in [-0.2, 0) is 0 Å². The number of nitrogens with zero attached hydrogens (tertiary/aromatic N) is 3. The number of rotatable bonds is 5. The van der Waals surface area contributed by atoms with Crippen LogP contribution in [0.25, 0.3) is 11.1 Å². The van der Waals surface area contributed by atoms with Crippen molar-refractivity contribution in [2.75, 3.05) is 24.1 Å². The monoisotopic (exact) mass is 414 g/mol. The van der Waals surface area contributed by atoms with E-state index in [-0.39, 0.29) is 17.8 Å². The first-order valence-electron chi connectivity index (χ1n) is 9.10. The number of oxazole rings is 1. The summed E-state index contributed by atoms with van der Waals surface area (Å²) in [4.78, 5) is 24.7. The minimum Gasteiger partial charge on any atom is -0.460 e. The van der Waals surface area contributed by atoms with Gasteiger partial charge in [0.25, 0.3) is 11.9 Å². The second-order valence-corrected chi connectivity index (χ2v) is 6.95. The standard InChI is InChI=1S/C19H19ClN6O3/c20-14-2-1-11(7-15(14)25-17(27)16-10-28-18(21)26-16)12-8-23-19(24-9-12)29-13-3-5-22-6-4-13/h1-2,7-10,13,22H,3-6H2,(H2,21,26)(H,25,27). The number of nitrogen functional groups attached to an aromatic ring is 1. The van der Waals surface area contributed by atoms with Gasteiger partial charge in [0.1, 0.15) is 12.4 Å². The van der Waals surface area contributed by atoms with Crippen LogP contribution >= 0.6 is 11.6 Å². The third-order valence-corrected chi connectivity index (χ3v) is 4.82. The van der Waals surface area contributed by atoms with Crippen LogP contribution < -0.4 is 21.1 Å². The normalized spacial score (nSPS) is 14.5. The molecule has 0 atom stereocenters. The summed E-state index contributed by atoms with van der Waals surface area (Å²) in [5, 5.41) is 6.36. The van der Waals surface area contributed by atoms with Crippen molar-refractivity contribution < 1.29 is 13.9 Å². The van der Waals surface area contributed by atoms with Crippen molar-refractivity contribution >= 4 is 29.2 Å². The lowest BCUT2D eigenvalue weighted by Gasteiger charge is -2.22. The molecule has 1 aromatic carbocycles. The third-order valence-electron chi connectivity index (χ3n) is 4.49. The zero-order valence-corrected chi connectivity index (χ0v) is 16.1. The Morgan fingerprint density at radius 2 is 2.00 bits per heavy atom. The van der Waals surface area contributed by atoms with Crippen molar-refractivity contribution in [3.8, 4) is 17.1 Å². The van der Waals surface area contributed by atoms with E-state index in [2.05, 4.69) is 25.6 Å². The van der Waals surface area contributed by atoms with Crippen molar-refractivity contribution in [2.45, 2.75) is 18.9 Å². The van der Waals surface area contributed by atoms with Crippen LogP contribution in [0.15, 0.2) is 41.3 Å². The molecule has 0 saturated carbocycles. The number of carbonyl (C=O) groups excluding carboxylic acids is 1. The lowest BCUT2D eigenvalue weighted by molar-refractivity contribution is 0.102. The molecule has 1 saturated heterocycles. The summed E-state index contributed by atoms with van der Waals surface area (Å²) in [6.07, 6.45) is 6.53. The van der Waals surface area contributed by atoms with Crippen molar-refractivity contribution in [3.05, 3.63) is 47.6 Å². The molecule has 1 aliphatic rings. The maximum atomic E-state index is 12.3. The van der Waals surface area contributed by atoms with Crippen LogP contribution in [0, 0.1) is 0 Å². The molecule has 0 spiro atoms. The molecular weight excluding hydrogens is 396 g/mol. The van der Waals surface area contributed by atoms with Crippen molar-refractivity contribution in [1.29, 1.82) is 0 Å². The molecule has 1 aliphatic heterocycles. The van der Waals surface area contributed by atoms with Crippen molar-refractivity contribution in [1.82, 2.24) is 20.3 Å². The maximum Gasteiger partial charge on any atom is 0.316 e. The highest BCUT2D eigenvalue weighted by atomic mass is 35.5. The Morgan fingerprint density at radius 3 is 2.69 bits per heavy atom. The van der Waals surface area contributed by atoms with Gasteiger partial charge in [0.2, 0.25) is 0 Å². The lowest BCUT2D eigenvalue weighted by Crippen LogP contribution is -2.34. The summed E-state index contributed by atoms with van der Waals surface area (Å²) in [6, 6.07) is 5.50. The zero-order valence-electron chi connectivity index (χ0n) is 15.4. The van der Waals surface area contributed by atoms with Gasteiger partial charge in [0.05, 0.1) is 10.7 Å². The molecule has 1 fully saturated rings. The van der Waals surface area contributed by atoms with Crippen LogP contribution in [0.4, 0.5) is 11.7 Å². The number of carbonyl (C=O) groups is 1. The fourth-order valence-corrected chi connectivity index (χ4v) is 3.13. The van der Waals surface area contributed by atoms with E-state index in [0.29, 0.717) is 16.7 Å². The van der Waals surface area contributed by atoms with Crippen LogP contribution in [0.3, 0.4) is 0 Å². The number of piperidine rings is 1. The molecule has 29 heavy (non-hydrogen) atoms. The van der Waals surface area contributed by atoms with Gasteiger partial charge in [-0.05, 0) is 43.6 Å². The predicted octanol–water partition coefficient (Wildman–Crippen LogP) is 2.75. The smallest absolute Gasteiger partial charge is 0.316 e. The Labute approximate surface area is 171 Å². The topological polar surface area (TPSA) is 128 Å². The van der Waals surface area contributed by atoms with Gasteiger partial charge in [-0.1, -0.05) is 17.7 Å². The van der Waals surface area contributed by atoms with Gasteiger partial charge in [-0.3, -0.25) is 4.79 Å². The third kappa shape index (κ3) is 4.64. The highest BCUT2D eigenvalue weighted by Gasteiger charge is 2.16. The number of amides is 1. The minimum absolute atomic E-state index is 0.0618. The molecule has 150 valence electrons. The number of benzene rings is 1. The highest BCUT2D eigenvalue weighted by molar-refractivity contribution is 6.34. The molecule has 3 heterocycles. The van der Waals surface area contributed by atoms with E-state index in [4.69, 9.17) is 26.5 Å². The van der Waals surface area contributed by atoms with Gasteiger partial charge in [-0.15, -0.1) is 0 Å². The van der Waals surface area contributed by atoms with Crippen molar-refractivity contribution in [2.24, 2.45) is 0 Å².